The first kappa shape index (κ1) is 12.2. The Hall–Kier alpha value is -1.55. The van der Waals surface area contributed by atoms with Gasteiger partial charge in [-0.25, -0.2) is 0 Å². The molecule has 0 radical (unpaired) electrons. The minimum Gasteiger partial charge on any atom is -0.486 e. The van der Waals surface area contributed by atoms with Gasteiger partial charge in [0.15, 0.2) is 17.3 Å². The fraction of sp³-hybridized carbons (Fsp3) is 0.562. The maximum Gasteiger partial charge on any atom is 0.166 e. The smallest absolute Gasteiger partial charge is 0.166 e. The number of carbonyl (C=O) groups is 1. The molecule has 3 aliphatic heterocycles. The van der Waals surface area contributed by atoms with Crippen LogP contribution in [0, 0.1) is 5.92 Å². The van der Waals surface area contributed by atoms with Crippen molar-refractivity contribution >= 4 is 5.78 Å². The van der Waals surface area contributed by atoms with Gasteiger partial charge in [0, 0.05) is 11.5 Å². The number of rotatable bonds is 2. The van der Waals surface area contributed by atoms with Gasteiger partial charge >= 0.3 is 0 Å². The third kappa shape index (κ3) is 2.08. The number of carbonyl (C=O) groups excluding carboxylic acids is 1. The number of ether oxygens (including phenoxy) is 3. The van der Waals surface area contributed by atoms with Crippen LogP contribution in [0.3, 0.4) is 0 Å². The molecule has 1 aromatic carbocycles. The highest BCUT2D eigenvalue weighted by atomic mass is 16.6. The summed E-state index contributed by atoms with van der Waals surface area (Å²) in [5, 5.41) is 0. The van der Waals surface area contributed by atoms with E-state index < -0.39 is 0 Å². The summed E-state index contributed by atoms with van der Waals surface area (Å²) < 4.78 is 16.9. The van der Waals surface area contributed by atoms with Crippen molar-refractivity contribution in [2.45, 2.75) is 37.9 Å². The molecule has 2 fully saturated rings. The maximum absolute atomic E-state index is 12.7. The van der Waals surface area contributed by atoms with Gasteiger partial charge in [-0.3, -0.25) is 4.79 Å². The normalized spacial score (nSPS) is 31.1. The first-order chi connectivity index (χ1) is 9.79. The first-order valence-corrected chi connectivity index (χ1v) is 7.39. The quantitative estimate of drug-likeness (QED) is 0.778. The van der Waals surface area contributed by atoms with E-state index in [0.29, 0.717) is 31.2 Å². The van der Waals surface area contributed by atoms with Crippen LogP contribution in [0.1, 0.15) is 36.0 Å². The van der Waals surface area contributed by atoms with Gasteiger partial charge in [-0.05, 0) is 43.9 Å². The van der Waals surface area contributed by atoms with Gasteiger partial charge in [-0.2, -0.15) is 0 Å². The summed E-state index contributed by atoms with van der Waals surface area (Å²) in [4.78, 5) is 12.7. The molecule has 2 bridgehead atoms. The van der Waals surface area contributed by atoms with Crippen LogP contribution in [-0.4, -0.2) is 31.2 Å². The van der Waals surface area contributed by atoms with Crippen LogP contribution in [-0.2, 0) is 4.74 Å². The van der Waals surface area contributed by atoms with E-state index in [1.54, 1.807) is 0 Å². The number of hydrogen-bond donors (Lipinski definition) is 0. The average Bonchev–Trinajstić information content (AvgIpc) is 2.84. The lowest BCUT2D eigenvalue weighted by Crippen LogP contribution is -2.30. The van der Waals surface area contributed by atoms with Crippen LogP contribution in [0.2, 0.25) is 0 Å². The van der Waals surface area contributed by atoms with Crippen LogP contribution < -0.4 is 9.47 Å². The molecule has 0 aliphatic carbocycles. The van der Waals surface area contributed by atoms with E-state index in [9.17, 15) is 4.79 Å². The van der Waals surface area contributed by atoms with Crippen molar-refractivity contribution in [2.75, 3.05) is 13.2 Å². The van der Waals surface area contributed by atoms with E-state index >= 15 is 0 Å². The molecular weight excluding hydrogens is 256 g/mol. The van der Waals surface area contributed by atoms with Gasteiger partial charge in [0.25, 0.3) is 0 Å². The Morgan fingerprint density at radius 3 is 2.45 bits per heavy atom. The van der Waals surface area contributed by atoms with Crippen molar-refractivity contribution in [3.05, 3.63) is 23.8 Å². The SMILES string of the molecule is O=C(c1ccc2c(c1)OCCO2)C1CC2CCC(C1)O2. The lowest BCUT2D eigenvalue weighted by molar-refractivity contribution is -0.0149. The summed E-state index contributed by atoms with van der Waals surface area (Å²) in [5.74, 6) is 1.75. The minimum atomic E-state index is 0.101. The van der Waals surface area contributed by atoms with Crippen LogP contribution >= 0.6 is 0 Å². The fourth-order valence-corrected chi connectivity index (χ4v) is 3.50. The molecule has 3 aliphatic rings. The fourth-order valence-electron chi connectivity index (χ4n) is 3.50. The Morgan fingerprint density at radius 1 is 1.00 bits per heavy atom. The summed E-state index contributed by atoms with van der Waals surface area (Å²) in [6.45, 7) is 1.12. The minimum absolute atomic E-state index is 0.101. The average molecular weight is 274 g/mol. The summed E-state index contributed by atoms with van der Waals surface area (Å²) in [5.41, 5.74) is 0.737. The molecule has 106 valence electrons. The van der Waals surface area contributed by atoms with Crippen LogP contribution in [0.4, 0.5) is 0 Å². The molecule has 4 rings (SSSR count). The van der Waals surface area contributed by atoms with E-state index in [0.717, 1.165) is 37.0 Å². The molecule has 0 amide bonds. The van der Waals surface area contributed by atoms with Gasteiger partial charge in [0.2, 0.25) is 0 Å². The van der Waals surface area contributed by atoms with E-state index in [1.165, 1.54) is 0 Å². The molecule has 2 unspecified atom stereocenters. The second-order valence-electron chi connectivity index (χ2n) is 5.85. The second-order valence-corrected chi connectivity index (χ2v) is 5.85. The molecule has 2 saturated heterocycles. The Bertz CT molecular complexity index is 527. The summed E-state index contributed by atoms with van der Waals surface area (Å²) >= 11 is 0. The molecule has 4 heteroatoms. The van der Waals surface area contributed by atoms with E-state index in [2.05, 4.69) is 0 Å². The third-order valence-electron chi connectivity index (χ3n) is 4.49. The van der Waals surface area contributed by atoms with Gasteiger partial charge in [-0.1, -0.05) is 0 Å². The van der Waals surface area contributed by atoms with Crippen molar-refractivity contribution in [2.24, 2.45) is 5.92 Å². The van der Waals surface area contributed by atoms with E-state index in [-0.39, 0.29) is 11.7 Å². The molecule has 4 nitrogen and oxygen atoms in total. The van der Waals surface area contributed by atoms with Crippen molar-refractivity contribution in [1.82, 2.24) is 0 Å². The van der Waals surface area contributed by atoms with E-state index in [1.807, 2.05) is 18.2 Å². The van der Waals surface area contributed by atoms with Crippen molar-refractivity contribution in [3.8, 4) is 11.5 Å². The summed E-state index contributed by atoms with van der Waals surface area (Å²) in [6.07, 6.45) is 4.53. The molecule has 0 N–H and O–H groups in total. The molecule has 0 aromatic heterocycles. The molecule has 2 atom stereocenters. The summed E-state index contributed by atoms with van der Waals surface area (Å²) in [7, 11) is 0. The zero-order chi connectivity index (χ0) is 13.5. The highest BCUT2D eigenvalue weighted by molar-refractivity contribution is 5.98. The molecule has 1 aromatic rings. The number of hydrogen-bond acceptors (Lipinski definition) is 4. The highest BCUT2D eigenvalue weighted by Crippen LogP contribution is 2.38. The second kappa shape index (κ2) is 4.77. The molecule has 20 heavy (non-hydrogen) atoms. The standard InChI is InChI=1S/C16H18O4/c17-16(11-7-12-2-3-13(8-11)20-12)10-1-4-14-15(9-10)19-6-5-18-14/h1,4,9,11-13H,2-3,5-8H2. The number of Topliss-reactive ketones (excluding diaryl/α,β-unsaturated/α-hetero) is 1. The molecule has 0 spiro atoms. The topological polar surface area (TPSA) is 44.8 Å². The summed E-state index contributed by atoms with van der Waals surface area (Å²) in [6, 6.07) is 5.52. The maximum atomic E-state index is 12.7. The van der Waals surface area contributed by atoms with Gasteiger partial charge in [-0.15, -0.1) is 0 Å². The first-order valence-electron chi connectivity index (χ1n) is 7.39. The Kier molecular flexibility index (Phi) is 2.91. The number of fused-ring (bicyclic) bond motifs is 3. The predicted molar refractivity (Wildman–Crippen MR) is 72.4 cm³/mol. The largest absolute Gasteiger partial charge is 0.486 e. The molecule has 0 saturated carbocycles. The predicted octanol–water partition coefficient (Wildman–Crippen LogP) is 2.60. The third-order valence-corrected chi connectivity index (χ3v) is 4.49. The van der Waals surface area contributed by atoms with E-state index in [4.69, 9.17) is 14.2 Å². The van der Waals surface area contributed by atoms with Gasteiger partial charge in [0.05, 0.1) is 12.2 Å². The Morgan fingerprint density at radius 2 is 1.70 bits per heavy atom. The Labute approximate surface area is 118 Å². The van der Waals surface area contributed by atoms with Crippen LogP contribution in [0.5, 0.6) is 11.5 Å². The Balaban J connectivity index is 1.56. The number of benzene rings is 1. The van der Waals surface area contributed by atoms with Crippen molar-refractivity contribution < 1.29 is 19.0 Å². The van der Waals surface area contributed by atoms with Gasteiger partial charge < -0.3 is 14.2 Å². The lowest BCUT2D eigenvalue weighted by Gasteiger charge is -2.27. The zero-order valence-electron chi connectivity index (χ0n) is 11.3. The number of ketones is 1. The van der Waals surface area contributed by atoms with Gasteiger partial charge in [0.1, 0.15) is 13.2 Å². The van der Waals surface area contributed by atoms with Crippen LogP contribution in [0.15, 0.2) is 18.2 Å². The monoisotopic (exact) mass is 274 g/mol. The van der Waals surface area contributed by atoms with Crippen molar-refractivity contribution in [3.63, 3.8) is 0 Å². The molecular formula is C16H18O4. The zero-order valence-corrected chi connectivity index (χ0v) is 11.3. The lowest BCUT2D eigenvalue weighted by atomic mass is 9.88. The highest BCUT2D eigenvalue weighted by Gasteiger charge is 2.38. The molecule has 3 heterocycles. The van der Waals surface area contributed by atoms with Crippen molar-refractivity contribution in [1.29, 1.82) is 0 Å². The van der Waals surface area contributed by atoms with Crippen LogP contribution in [0.25, 0.3) is 0 Å².